The van der Waals surface area contributed by atoms with Gasteiger partial charge in [0.1, 0.15) is 5.82 Å². The normalized spacial score (nSPS) is 11.5. The second-order valence-corrected chi connectivity index (χ2v) is 5.46. The van der Waals surface area contributed by atoms with Gasteiger partial charge >= 0.3 is 0 Å². The minimum atomic E-state index is -0.230. The number of aliphatic hydroxyl groups is 1. The van der Waals surface area contributed by atoms with Gasteiger partial charge in [-0.05, 0) is 40.8 Å². The Morgan fingerprint density at radius 1 is 1.47 bits per heavy atom. The molecule has 0 heterocycles. The predicted octanol–water partition coefficient (Wildman–Crippen LogP) is 2.86. The lowest BCUT2D eigenvalue weighted by atomic mass is 9.95. The van der Waals surface area contributed by atoms with Crippen molar-refractivity contribution in [3.8, 4) is 0 Å². The van der Waals surface area contributed by atoms with E-state index >= 15 is 0 Å². The first-order valence-corrected chi connectivity index (χ1v) is 5.82. The van der Waals surface area contributed by atoms with Gasteiger partial charge in [0.15, 0.2) is 0 Å². The average Bonchev–Trinajstić information content (AvgIpc) is 2.16. The number of benzene rings is 1. The first-order valence-electron chi connectivity index (χ1n) is 4.74. The Morgan fingerprint density at radius 2 is 2.13 bits per heavy atom. The Balaban J connectivity index is 2.66. The van der Waals surface area contributed by atoms with Crippen molar-refractivity contribution in [2.45, 2.75) is 13.8 Å². The van der Waals surface area contributed by atoms with E-state index in [4.69, 9.17) is 5.11 Å². The molecule has 15 heavy (non-hydrogen) atoms. The third-order valence-corrected chi connectivity index (χ3v) is 3.01. The minimum absolute atomic E-state index is 0.123. The van der Waals surface area contributed by atoms with Crippen LogP contribution in [0.2, 0.25) is 0 Å². The minimum Gasteiger partial charge on any atom is -0.396 e. The summed E-state index contributed by atoms with van der Waals surface area (Å²) < 4.78 is 13.7. The fourth-order valence-electron chi connectivity index (χ4n) is 1.02. The van der Waals surface area contributed by atoms with Crippen LogP contribution in [0.1, 0.15) is 13.8 Å². The standard InChI is InChI=1S/C11H15FINO/c1-11(2,7-15)6-14-10-4-3-8(12)5-9(10)13/h3-5,14-15H,6-7H2,1-2H3. The molecule has 0 spiro atoms. The largest absolute Gasteiger partial charge is 0.396 e. The maximum Gasteiger partial charge on any atom is 0.124 e. The molecule has 1 rings (SSSR count). The van der Waals surface area contributed by atoms with Crippen LogP contribution >= 0.6 is 22.6 Å². The molecule has 0 unspecified atom stereocenters. The van der Waals surface area contributed by atoms with E-state index in [0.29, 0.717) is 6.54 Å². The van der Waals surface area contributed by atoms with E-state index < -0.39 is 0 Å². The molecule has 0 bridgehead atoms. The zero-order valence-corrected chi connectivity index (χ0v) is 11.0. The van der Waals surface area contributed by atoms with Crippen molar-refractivity contribution >= 4 is 28.3 Å². The van der Waals surface area contributed by atoms with Crippen molar-refractivity contribution in [3.63, 3.8) is 0 Å². The molecule has 84 valence electrons. The molecule has 0 saturated heterocycles. The van der Waals surface area contributed by atoms with Crippen molar-refractivity contribution in [2.75, 3.05) is 18.5 Å². The molecule has 0 aliphatic carbocycles. The van der Waals surface area contributed by atoms with E-state index in [-0.39, 0.29) is 17.8 Å². The quantitative estimate of drug-likeness (QED) is 0.835. The number of anilines is 1. The molecule has 0 atom stereocenters. The highest BCUT2D eigenvalue weighted by Gasteiger charge is 2.16. The summed E-state index contributed by atoms with van der Waals surface area (Å²) >= 11 is 2.08. The number of aliphatic hydroxyl groups excluding tert-OH is 1. The van der Waals surface area contributed by atoms with Gasteiger partial charge in [-0.15, -0.1) is 0 Å². The van der Waals surface area contributed by atoms with Gasteiger partial charge in [-0.1, -0.05) is 13.8 Å². The molecule has 0 saturated carbocycles. The van der Waals surface area contributed by atoms with Crippen LogP contribution in [0.3, 0.4) is 0 Å². The molecule has 0 amide bonds. The zero-order chi connectivity index (χ0) is 11.5. The molecule has 0 aliphatic rings. The number of hydrogen-bond donors (Lipinski definition) is 2. The summed E-state index contributed by atoms with van der Waals surface area (Å²) in [5, 5.41) is 12.3. The van der Waals surface area contributed by atoms with Gasteiger partial charge in [0.05, 0.1) is 0 Å². The van der Waals surface area contributed by atoms with Crippen molar-refractivity contribution in [3.05, 3.63) is 27.6 Å². The van der Waals surface area contributed by atoms with Crippen LogP contribution < -0.4 is 5.32 Å². The summed E-state index contributed by atoms with van der Waals surface area (Å²) in [6.45, 7) is 4.72. The molecule has 2 nitrogen and oxygen atoms in total. The van der Waals surface area contributed by atoms with E-state index in [9.17, 15) is 4.39 Å². The number of halogens is 2. The van der Waals surface area contributed by atoms with Gasteiger partial charge in [0.2, 0.25) is 0 Å². The molecule has 0 aromatic heterocycles. The van der Waals surface area contributed by atoms with Crippen LogP contribution in [0.4, 0.5) is 10.1 Å². The lowest BCUT2D eigenvalue weighted by Crippen LogP contribution is -2.27. The first-order chi connectivity index (χ1) is 6.94. The fraction of sp³-hybridized carbons (Fsp3) is 0.455. The Kier molecular flexibility index (Phi) is 4.33. The highest BCUT2D eigenvalue weighted by Crippen LogP contribution is 2.21. The number of nitrogens with one attached hydrogen (secondary N) is 1. The Hall–Kier alpha value is -0.360. The van der Waals surface area contributed by atoms with Crippen molar-refractivity contribution in [1.29, 1.82) is 0 Å². The molecule has 1 aromatic carbocycles. The highest BCUT2D eigenvalue weighted by atomic mass is 127. The summed E-state index contributed by atoms with van der Waals surface area (Å²) in [5.74, 6) is -0.230. The number of hydrogen-bond acceptors (Lipinski definition) is 2. The van der Waals surface area contributed by atoms with Crippen molar-refractivity contribution in [1.82, 2.24) is 0 Å². The van der Waals surface area contributed by atoms with Gasteiger partial charge in [0.25, 0.3) is 0 Å². The van der Waals surface area contributed by atoms with Crippen LogP contribution in [0.5, 0.6) is 0 Å². The fourth-order valence-corrected chi connectivity index (χ4v) is 1.69. The van der Waals surface area contributed by atoms with E-state index in [1.165, 1.54) is 12.1 Å². The van der Waals surface area contributed by atoms with Gasteiger partial charge in [-0.3, -0.25) is 0 Å². The molecular formula is C11H15FINO. The second kappa shape index (κ2) is 5.12. The highest BCUT2D eigenvalue weighted by molar-refractivity contribution is 14.1. The Bertz CT molecular complexity index is 341. The van der Waals surface area contributed by atoms with Crippen LogP contribution in [0, 0.1) is 14.8 Å². The van der Waals surface area contributed by atoms with Crippen LogP contribution in [0.15, 0.2) is 18.2 Å². The SMILES string of the molecule is CC(C)(CO)CNc1ccc(F)cc1I. The molecule has 2 N–H and O–H groups in total. The molecule has 0 fully saturated rings. The van der Waals surface area contributed by atoms with Gasteiger partial charge < -0.3 is 10.4 Å². The molecular weight excluding hydrogens is 308 g/mol. The topological polar surface area (TPSA) is 32.3 Å². The molecule has 4 heteroatoms. The maximum absolute atomic E-state index is 12.8. The summed E-state index contributed by atoms with van der Waals surface area (Å²) in [6, 6.07) is 4.62. The van der Waals surface area contributed by atoms with Gasteiger partial charge in [-0.25, -0.2) is 4.39 Å². The van der Waals surface area contributed by atoms with Gasteiger partial charge in [0, 0.05) is 27.8 Å². The molecule has 1 aromatic rings. The van der Waals surface area contributed by atoms with Gasteiger partial charge in [-0.2, -0.15) is 0 Å². The Morgan fingerprint density at radius 3 is 2.67 bits per heavy atom. The second-order valence-electron chi connectivity index (χ2n) is 4.30. The lowest BCUT2D eigenvalue weighted by molar-refractivity contribution is 0.171. The predicted molar refractivity (Wildman–Crippen MR) is 68.5 cm³/mol. The van der Waals surface area contributed by atoms with Crippen LogP contribution in [-0.2, 0) is 0 Å². The van der Waals surface area contributed by atoms with E-state index in [1.807, 2.05) is 13.8 Å². The Labute approximate surface area is 103 Å². The van der Waals surface area contributed by atoms with E-state index in [2.05, 4.69) is 27.9 Å². The smallest absolute Gasteiger partial charge is 0.124 e. The average molecular weight is 323 g/mol. The summed E-state index contributed by atoms with van der Waals surface area (Å²) in [7, 11) is 0. The molecule has 0 radical (unpaired) electrons. The van der Waals surface area contributed by atoms with Crippen molar-refractivity contribution < 1.29 is 9.50 Å². The van der Waals surface area contributed by atoms with E-state index in [1.54, 1.807) is 6.07 Å². The van der Waals surface area contributed by atoms with E-state index in [0.717, 1.165) is 9.26 Å². The summed E-state index contributed by atoms with van der Waals surface area (Å²) in [5.41, 5.74) is 0.732. The monoisotopic (exact) mass is 323 g/mol. The molecule has 0 aliphatic heterocycles. The first kappa shape index (κ1) is 12.7. The summed E-state index contributed by atoms with van der Waals surface area (Å²) in [4.78, 5) is 0. The van der Waals surface area contributed by atoms with Crippen LogP contribution in [-0.4, -0.2) is 18.3 Å². The third kappa shape index (κ3) is 3.95. The lowest BCUT2D eigenvalue weighted by Gasteiger charge is -2.23. The zero-order valence-electron chi connectivity index (χ0n) is 8.85. The maximum atomic E-state index is 12.8. The number of rotatable bonds is 4. The van der Waals surface area contributed by atoms with Crippen LogP contribution in [0.25, 0.3) is 0 Å². The third-order valence-electron chi connectivity index (χ3n) is 2.12. The van der Waals surface area contributed by atoms with Crippen molar-refractivity contribution in [2.24, 2.45) is 5.41 Å². The summed E-state index contributed by atoms with van der Waals surface area (Å²) in [6.07, 6.45) is 0.